The molecule has 0 heterocycles. The summed E-state index contributed by atoms with van der Waals surface area (Å²) in [4.78, 5) is 0. The molecule has 0 aliphatic rings. The first-order valence-corrected chi connectivity index (χ1v) is 6.92. The number of hydrogen-bond acceptors (Lipinski definition) is 3. The minimum atomic E-state index is 0.177. The molecule has 3 N–H and O–H groups in total. The van der Waals surface area contributed by atoms with Gasteiger partial charge in [0.25, 0.3) is 0 Å². The number of nitrogens with zero attached hydrogens (tertiary/aromatic N) is 1. The van der Waals surface area contributed by atoms with Gasteiger partial charge in [0.2, 0.25) is 0 Å². The van der Waals surface area contributed by atoms with Crippen LogP contribution in [0.1, 0.15) is 16.7 Å². The van der Waals surface area contributed by atoms with Crippen molar-refractivity contribution in [2.45, 2.75) is 13.8 Å². The van der Waals surface area contributed by atoms with E-state index in [1.165, 1.54) is 17.3 Å². The average Bonchev–Trinajstić information content (AvgIpc) is 2.45. The van der Waals surface area contributed by atoms with Crippen LogP contribution in [0.3, 0.4) is 0 Å². The van der Waals surface area contributed by atoms with Gasteiger partial charge in [-0.1, -0.05) is 18.2 Å². The molecule has 0 aliphatic carbocycles. The molecule has 0 saturated heterocycles. The predicted octanol–water partition coefficient (Wildman–Crippen LogP) is 3.33. The minimum absolute atomic E-state index is 0.177. The zero-order valence-corrected chi connectivity index (χ0v) is 12.7. The van der Waals surface area contributed by atoms with E-state index in [1.54, 1.807) is 18.2 Å². The van der Waals surface area contributed by atoms with Gasteiger partial charge >= 0.3 is 0 Å². The molecule has 2 aromatic rings. The van der Waals surface area contributed by atoms with E-state index in [-0.39, 0.29) is 5.75 Å². The zero-order chi connectivity index (χ0) is 15.2. The topological polar surface area (TPSA) is 56.7 Å². The lowest BCUT2D eigenvalue weighted by Gasteiger charge is -2.09. The van der Waals surface area contributed by atoms with Crippen molar-refractivity contribution in [2.24, 2.45) is 5.10 Å². The van der Waals surface area contributed by atoms with Crippen molar-refractivity contribution in [1.29, 1.82) is 0 Å². The lowest BCUT2D eigenvalue weighted by Crippen LogP contribution is -2.23. The van der Waals surface area contributed by atoms with Gasteiger partial charge in [-0.3, -0.25) is 5.43 Å². The second-order valence-electron chi connectivity index (χ2n) is 4.68. The number of nitrogens with one attached hydrogen (secondary N) is 2. The highest BCUT2D eigenvalue weighted by atomic mass is 32.1. The first-order chi connectivity index (χ1) is 10.1. The summed E-state index contributed by atoms with van der Waals surface area (Å²) in [6.07, 6.45) is 1.52. The number of rotatable bonds is 3. The van der Waals surface area contributed by atoms with E-state index >= 15 is 0 Å². The van der Waals surface area contributed by atoms with Gasteiger partial charge in [0.05, 0.1) is 6.21 Å². The Morgan fingerprint density at radius 2 is 1.90 bits per heavy atom. The molecule has 0 fully saturated rings. The molecular formula is C16H17N3OS. The first kappa shape index (κ1) is 15.0. The Morgan fingerprint density at radius 3 is 2.62 bits per heavy atom. The number of thiocarbonyl (C=S) groups is 1. The number of benzene rings is 2. The summed E-state index contributed by atoms with van der Waals surface area (Å²) in [5, 5.41) is 17.0. The van der Waals surface area contributed by atoms with Gasteiger partial charge in [0.15, 0.2) is 5.11 Å². The van der Waals surface area contributed by atoms with Crippen molar-refractivity contribution in [3.63, 3.8) is 0 Å². The summed E-state index contributed by atoms with van der Waals surface area (Å²) < 4.78 is 0. The standard InChI is InChI=1S/C16H17N3OS/c1-11-7-8-14(9-12(11)2)18-16(21)19-17-10-13-5-3-4-6-15(13)20/h3-10,20H,1-2H3,(H2,18,19,21). The molecule has 5 heteroatoms. The summed E-state index contributed by atoms with van der Waals surface area (Å²) in [6, 6.07) is 13.0. The lowest BCUT2D eigenvalue weighted by molar-refractivity contribution is 0.474. The molecule has 2 rings (SSSR count). The Kier molecular flexibility index (Phi) is 4.90. The highest BCUT2D eigenvalue weighted by Gasteiger charge is 1.99. The smallest absolute Gasteiger partial charge is 0.191 e. The number of hydrazone groups is 1. The van der Waals surface area contributed by atoms with Gasteiger partial charge in [0, 0.05) is 11.3 Å². The van der Waals surface area contributed by atoms with Crippen molar-refractivity contribution < 1.29 is 5.11 Å². The maximum atomic E-state index is 9.60. The molecule has 0 radical (unpaired) electrons. The van der Waals surface area contributed by atoms with Crippen LogP contribution in [0.15, 0.2) is 47.6 Å². The quantitative estimate of drug-likeness (QED) is 0.462. The Bertz CT molecular complexity index is 683. The first-order valence-electron chi connectivity index (χ1n) is 6.51. The van der Waals surface area contributed by atoms with Crippen LogP contribution in [0, 0.1) is 13.8 Å². The van der Waals surface area contributed by atoms with E-state index in [0.717, 1.165) is 5.69 Å². The SMILES string of the molecule is Cc1ccc(NC(=S)NN=Cc2ccccc2O)cc1C. The zero-order valence-electron chi connectivity index (χ0n) is 11.9. The molecular weight excluding hydrogens is 282 g/mol. The van der Waals surface area contributed by atoms with Crippen molar-refractivity contribution >= 4 is 29.2 Å². The van der Waals surface area contributed by atoms with Gasteiger partial charge in [-0.05, 0) is 61.5 Å². The Balaban J connectivity index is 1.93. The number of para-hydroxylation sites is 1. The molecule has 0 aliphatic heterocycles. The lowest BCUT2D eigenvalue weighted by atomic mass is 10.1. The molecule has 0 amide bonds. The average molecular weight is 299 g/mol. The summed E-state index contributed by atoms with van der Waals surface area (Å²) >= 11 is 5.16. The van der Waals surface area contributed by atoms with Gasteiger partial charge in [0.1, 0.15) is 5.75 Å². The maximum Gasteiger partial charge on any atom is 0.191 e. The van der Waals surface area contributed by atoms with Gasteiger partial charge in [-0.25, -0.2) is 0 Å². The molecule has 4 nitrogen and oxygen atoms in total. The highest BCUT2D eigenvalue weighted by Crippen LogP contribution is 2.14. The number of aromatic hydroxyl groups is 1. The molecule has 108 valence electrons. The van der Waals surface area contributed by atoms with Crippen molar-refractivity contribution in [3.05, 3.63) is 59.2 Å². The minimum Gasteiger partial charge on any atom is -0.507 e. The number of hydrogen-bond donors (Lipinski definition) is 3. The molecule has 0 aromatic heterocycles. The van der Waals surface area contributed by atoms with Gasteiger partial charge < -0.3 is 10.4 Å². The monoisotopic (exact) mass is 299 g/mol. The third kappa shape index (κ3) is 4.29. The molecule has 2 aromatic carbocycles. The second kappa shape index (κ2) is 6.85. The Labute approximate surface area is 129 Å². The molecule has 0 atom stereocenters. The summed E-state index contributed by atoms with van der Waals surface area (Å²) in [6.45, 7) is 4.11. The number of phenols is 1. The fourth-order valence-corrected chi connectivity index (χ4v) is 1.91. The maximum absolute atomic E-state index is 9.60. The van der Waals surface area contributed by atoms with Crippen LogP contribution in [0.25, 0.3) is 0 Å². The van der Waals surface area contributed by atoms with Crippen LogP contribution < -0.4 is 10.7 Å². The summed E-state index contributed by atoms with van der Waals surface area (Å²) in [7, 11) is 0. The number of phenolic OH excluding ortho intramolecular Hbond substituents is 1. The fourth-order valence-electron chi connectivity index (χ4n) is 1.74. The second-order valence-corrected chi connectivity index (χ2v) is 5.09. The molecule has 0 bridgehead atoms. The Morgan fingerprint density at radius 1 is 1.14 bits per heavy atom. The van der Waals surface area contributed by atoms with Crippen molar-refractivity contribution in [3.8, 4) is 5.75 Å². The van der Waals surface area contributed by atoms with E-state index in [9.17, 15) is 5.11 Å². The largest absolute Gasteiger partial charge is 0.507 e. The van der Waals surface area contributed by atoms with Crippen LogP contribution in [0.5, 0.6) is 5.75 Å². The molecule has 0 saturated carbocycles. The van der Waals surface area contributed by atoms with Gasteiger partial charge in [-0.2, -0.15) is 5.10 Å². The predicted molar refractivity (Wildman–Crippen MR) is 91.0 cm³/mol. The van der Waals surface area contributed by atoms with Crippen LogP contribution >= 0.6 is 12.2 Å². The van der Waals surface area contributed by atoms with E-state index in [2.05, 4.69) is 22.8 Å². The van der Waals surface area contributed by atoms with E-state index in [0.29, 0.717) is 10.7 Å². The normalized spacial score (nSPS) is 10.6. The Hall–Kier alpha value is -2.40. The van der Waals surface area contributed by atoms with Crippen LogP contribution in [-0.2, 0) is 0 Å². The van der Waals surface area contributed by atoms with Crippen LogP contribution in [-0.4, -0.2) is 16.4 Å². The van der Waals surface area contributed by atoms with Crippen LogP contribution in [0.4, 0.5) is 5.69 Å². The van der Waals surface area contributed by atoms with E-state index in [1.807, 2.05) is 31.2 Å². The number of aryl methyl sites for hydroxylation is 2. The molecule has 0 spiro atoms. The van der Waals surface area contributed by atoms with Crippen LogP contribution in [0.2, 0.25) is 0 Å². The molecule has 21 heavy (non-hydrogen) atoms. The summed E-state index contributed by atoms with van der Waals surface area (Å²) in [5.74, 6) is 0.177. The van der Waals surface area contributed by atoms with E-state index in [4.69, 9.17) is 12.2 Å². The third-order valence-electron chi connectivity index (χ3n) is 3.07. The third-order valence-corrected chi connectivity index (χ3v) is 3.26. The van der Waals surface area contributed by atoms with E-state index < -0.39 is 0 Å². The fraction of sp³-hybridized carbons (Fsp3) is 0.125. The van der Waals surface area contributed by atoms with Crippen molar-refractivity contribution in [1.82, 2.24) is 5.43 Å². The van der Waals surface area contributed by atoms with Gasteiger partial charge in [-0.15, -0.1) is 0 Å². The highest BCUT2D eigenvalue weighted by molar-refractivity contribution is 7.80. The molecule has 0 unspecified atom stereocenters. The summed E-state index contributed by atoms with van der Waals surface area (Å²) in [5.41, 5.74) is 6.68. The van der Waals surface area contributed by atoms with Crippen molar-refractivity contribution in [2.75, 3.05) is 5.32 Å². The number of anilines is 1.